The van der Waals surface area contributed by atoms with Crippen molar-refractivity contribution in [2.24, 2.45) is 0 Å². The van der Waals surface area contributed by atoms with Gasteiger partial charge in [-0.25, -0.2) is 9.37 Å². The standard InChI is InChI=1S/C28H25FN4O3/c29-22-8-3-5-19(15-22)12-14-31-27(34)26(21-7-4-13-30-16-21)33(28(35)24-17-36-18-32-24)25-11-10-20-6-1-2-9-23(20)25/h1-9,13,15-18,25-26H,10-12,14H2,(H,31,34). The fourth-order valence-corrected chi connectivity index (χ4v) is 4.81. The molecule has 36 heavy (non-hydrogen) atoms. The van der Waals surface area contributed by atoms with Gasteiger partial charge in [-0.15, -0.1) is 0 Å². The van der Waals surface area contributed by atoms with E-state index in [4.69, 9.17) is 4.42 Å². The molecule has 2 atom stereocenters. The molecule has 0 saturated carbocycles. The van der Waals surface area contributed by atoms with E-state index in [9.17, 15) is 14.0 Å². The van der Waals surface area contributed by atoms with Crippen molar-refractivity contribution in [1.29, 1.82) is 0 Å². The average molecular weight is 485 g/mol. The number of fused-ring (bicyclic) bond motifs is 1. The van der Waals surface area contributed by atoms with E-state index in [-0.39, 0.29) is 30.0 Å². The third kappa shape index (κ3) is 4.88. The Kier molecular flexibility index (Phi) is 6.84. The minimum atomic E-state index is -0.952. The van der Waals surface area contributed by atoms with Gasteiger partial charge in [0.05, 0.1) is 6.04 Å². The molecule has 2 aromatic heterocycles. The zero-order chi connectivity index (χ0) is 24.9. The highest BCUT2D eigenvalue weighted by Crippen LogP contribution is 2.41. The summed E-state index contributed by atoms with van der Waals surface area (Å²) >= 11 is 0. The molecule has 7 nitrogen and oxygen atoms in total. The summed E-state index contributed by atoms with van der Waals surface area (Å²) < 4.78 is 18.7. The van der Waals surface area contributed by atoms with E-state index in [2.05, 4.69) is 15.3 Å². The maximum Gasteiger partial charge on any atom is 0.277 e. The van der Waals surface area contributed by atoms with Gasteiger partial charge < -0.3 is 14.6 Å². The molecular weight excluding hydrogens is 459 g/mol. The van der Waals surface area contributed by atoms with Crippen molar-refractivity contribution in [2.45, 2.75) is 31.3 Å². The van der Waals surface area contributed by atoms with Crippen LogP contribution in [0.2, 0.25) is 0 Å². The topological polar surface area (TPSA) is 88.3 Å². The quantitative estimate of drug-likeness (QED) is 0.400. The third-order valence-corrected chi connectivity index (χ3v) is 6.45. The summed E-state index contributed by atoms with van der Waals surface area (Å²) in [6.45, 7) is 0.284. The fraction of sp³-hybridized carbons (Fsp3) is 0.214. The van der Waals surface area contributed by atoms with Crippen LogP contribution < -0.4 is 5.32 Å². The van der Waals surface area contributed by atoms with E-state index < -0.39 is 11.9 Å². The molecule has 4 aromatic rings. The monoisotopic (exact) mass is 484 g/mol. The van der Waals surface area contributed by atoms with Gasteiger partial charge in [0, 0.05) is 24.5 Å². The highest BCUT2D eigenvalue weighted by molar-refractivity contribution is 5.96. The van der Waals surface area contributed by atoms with Crippen molar-refractivity contribution in [1.82, 2.24) is 20.2 Å². The molecule has 0 aliphatic heterocycles. The third-order valence-electron chi connectivity index (χ3n) is 6.45. The zero-order valence-electron chi connectivity index (χ0n) is 19.5. The lowest BCUT2D eigenvalue weighted by Crippen LogP contribution is -2.45. The number of hydrogen-bond acceptors (Lipinski definition) is 5. The fourth-order valence-electron chi connectivity index (χ4n) is 4.81. The summed E-state index contributed by atoms with van der Waals surface area (Å²) in [5, 5.41) is 2.95. The largest absolute Gasteiger partial charge is 0.451 e. The summed E-state index contributed by atoms with van der Waals surface area (Å²) in [5.74, 6) is -1.07. The van der Waals surface area contributed by atoms with Crippen molar-refractivity contribution >= 4 is 11.8 Å². The first-order valence-corrected chi connectivity index (χ1v) is 11.8. The molecule has 0 saturated heterocycles. The molecule has 0 spiro atoms. The molecule has 0 bridgehead atoms. The number of carbonyl (C=O) groups is 2. The van der Waals surface area contributed by atoms with E-state index in [0.29, 0.717) is 18.4 Å². The van der Waals surface area contributed by atoms with Gasteiger partial charge in [-0.1, -0.05) is 42.5 Å². The van der Waals surface area contributed by atoms with Gasteiger partial charge in [-0.2, -0.15) is 0 Å². The molecule has 2 unspecified atom stereocenters. The summed E-state index contributed by atoms with van der Waals surface area (Å²) in [7, 11) is 0. The first-order chi connectivity index (χ1) is 17.6. The molecule has 2 heterocycles. The number of halogens is 1. The second-order valence-corrected chi connectivity index (χ2v) is 8.70. The summed E-state index contributed by atoms with van der Waals surface area (Å²) in [4.78, 5) is 37.4. The van der Waals surface area contributed by atoms with Gasteiger partial charge in [-0.3, -0.25) is 14.6 Å². The summed E-state index contributed by atoms with van der Waals surface area (Å²) in [6, 6.07) is 16.5. The van der Waals surface area contributed by atoms with Crippen LogP contribution in [0.25, 0.3) is 0 Å². The number of nitrogens with zero attached hydrogens (tertiary/aromatic N) is 3. The number of amides is 2. The van der Waals surface area contributed by atoms with Crippen LogP contribution in [0.1, 0.15) is 51.2 Å². The van der Waals surface area contributed by atoms with E-state index in [0.717, 1.165) is 23.1 Å². The predicted molar refractivity (Wildman–Crippen MR) is 130 cm³/mol. The van der Waals surface area contributed by atoms with Crippen LogP contribution >= 0.6 is 0 Å². The van der Waals surface area contributed by atoms with Crippen LogP contribution in [0, 0.1) is 5.82 Å². The molecule has 182 valence electrons. The summed E-state index contributed by atoms with van der Waals surface area (Å²) in [5.41, 5.74) is 3.64. The van der Waals surface area contributed by atoms with E-state index in [1.54, 1.807) is 35.5 Å². The van der Waals surface area contributed by atoms with Gasteiger partial charge in [0.15, 0.2) is 12.1 Å². The Morgan fingerprint density at radius 2 is 2.03 bits per heavy atom. The lowest BCUT2D eigenvalue weighted by molar-refractivity contribution is -0.126. The van der Waals surface area contributed by atoms with Gasteiger partial charge in [0.2, 0.25) is 5.91 Å². The second-order valence-electron chi connectivity index (χ2n) is 8.70. The van der Waals surface area contributed by atoms with Crippen LogP contribution in [0.4, 0.5) is 4.39 Å². The number of aryl methyl sites for hydroxylation is 1. The number of rotatable bonds is 8. The van der Waals surface area contributed by atoms with Gasteiger partial charge in [0.1, 0.15) is 18.1 Å². The minimum absolute atomic E-state index is 0.126. The van der Waals surface area contributed by atoms with Crippen molar-refractivity contribution < 1.29 is 18.4 Å². The number of carbonyl (C=O) groups excluding carboxylic acids is 2. The molecule has 1 aliphatic carbocycles. The molecular formula is C28H25FN4O3. The van der Waals surface area contributed by atoms with Gasteiger partial charge in [0.25, 0.3) is 5.91 Å². The van der Waals surface area contributed by atoms with E-state index in [1.165, 1.54) is 24.8 Å². The number of pyridine rings is 1. The van der Waals surface area contributed by atoms with Crippen molar-refractivity contribution in [3.8, 4) is 0 Å². The van der Waals surface area contributed by atoms with Crippen LogP contribution in [-0.2, 0) is 17.6 Å². The minimum Gasteiger partial charge on any atom is -0.451 e. The molecule has 0 fully saturated rings. The predicted octanol–water partition coefficient (Wildman–Crippen LogP) is 4.44. The lowest BCUT2D eigenvalue weighted by atomic mass is 9.99. The molecule has 1 aliphatic rings. The number of hydrogen-bond donors (Lipinski definition) is 1. The molecule has 1 N–H and O–H groups in total. The number of oxazole rings is 1. The zero-order valence-corrected chi connectivity index (χ0v) is 19.5. The maximum atomic E-state index is 13.8. The Labute approximate surface area is 208 Å². The first kappa shape index (κ1) is 23.4. The normalized spacial score (nSPS) is 15.2. The van der Waals surface area contributed by atoms with E-state index >= 15 is 0 Å². The number of benzene rings is 2. The lowest BCUT2D eigenvalue weighted by Gasteiger charge is -2.36. The Morgan fingerprint density at radius 3 is 2.81 bits per heavy atom. The van der Waals surface area contributed by atoms with Crippen molar-refractivity contribution in [3.63, 3.8) is 0 Å². The maximum absolute atomic E-state index is 13.8. The molecule has 2 aromatic carbocycles. The van der Waals surface area contributed by atoms with Crippen LogP contribution in [-0.4, -0.2) is 33.2 Å². The van der Waals surface area contributed by atoms with Crippen LogP contribution in [0.5, 0.6) is 0 Å². The van der Waals surface area contributed by atoms with Gasteiger partial charge in [-0.05, 0) is 54.2 Å². The smallest absolute Gasteiger partial charge is 0.277 e. The SMILES string of the molecule is O=C(NCCc1cccc(F)c1)C(c1cccnc1)N(C(=O)c1cocn1)C1CCc2ccccc21. The average Bonchev–Trinajstić information content (AvgIpc) is 3.58. The van der Waals surface area contributed by atoms with Crippen molar-refractivity contribution in [3.05, 3.63) is 119 Å². The molecule has 8 heteroatoms. The Morgan fingerprint density at radius 1 is 1.14 bits per heavy atom. The molecule has 5 rings (SSSR count). The number of nitrogens with one attached hydrogen (secondary N) is 1. The van der Waals surface area contributed by atoms with Crippen LogP contribution in [0.3, 0.4) is 0 Å². The van der Waals surface area contributed by atoms with Crippen molar-refractivity contribution in [2.75, 3.05) is 6.54 Å². The summed E-state index contributed by atoms with van der Waals surface area (Å²) in [6.07, 6.45) is 7.63. The highest BCUT2D eigenvalue weighted by Gasteiger charge is 2.40. The Bertz CT molecular complexity index is 1340. The van der Waals surface area contributed by atoms with Crippen LogP contribution in [0.15, 0.2) is 90.1 Å². The molecule has 0 radical (unpaired) electrons. The Hall–Kier alpha value is -4.33. The first-order valence-electron chi connectivity index (χ1n) is 11.8. The second kappa shape index (κ2) is 10.5. The van der Waals surface area contributed by atoms with E-state index in [1.807, 2.05) is 30.3 Å². The number of aromatic nitrogens is 2. The highest BCUT2D eigenvalue weighted by atomic mass is 19.1. The van der Waals surface area contributed by atoms with Gasteiger partial charge >= 0.3 is 0 Å². The molecule has 2 amide bonds. The Balaban J connectivity index is 1.49.